The summed E-state index contributed by atoms with van der Waals surface area (Å²) in [5, 5.41) is 25.2. The van der Waals surface area contributed by atoms with Crippen molar-refractivity contribution < 1.29 is 9.63 Å². The second-order valence-corrected chi connectivity index (χ2v) is 4.85. The van der Waals surface area contributed by atoms with Crippen molar-refractivity contribution in [2.24, 2.45) is 0 Å². The van der Waals surface area contributed by atoms with E-state index in [-0.39, 0.29) is 5.75 Å². The zero-order valence-corrected chi connectivity index (χ0v) is 11.3. The van der Waals surface area contributed by atoms with E-state index in [9.17, 15) is 5.11 Å². The van der Waals surface area contributed by atoms with Crippen LogP contribution in [0.5, 0.6) is 5.75 Å². The number of thioether (sulfide) groups is 1. The molecule has 1 aromatic carbocycles. The van der Waals surface area contributed by atoms with Gasteiger partial charge in [0.15, 0.2) is 5.82 Å². The van der Waals surface area contributed by atoms with Gasteiger partial charge >= 0.3 is 0 Å². The fraction of sp³-hybridized carbons (Fsp3) is 0.182. The minimum absolute atomic E-state index is 0.193. The zero-order chi connectivity index (χ0) is 13.9. The Morgan fingerprint density at radius 1 is 1.30 bits per heavy atom. The lowest BCUT2D eigenvalue weighted by molar-refractivity contribution is 0.389. The van der Waals surface area contributed by atoms with E-state index in [1.807, 2.05) is 0 Å². The topological polar surface area (TPSA) is 103 Å². The Hall–Kier alpha value is -2.42. The second-order valence-electron chi connectivity index (χ2n) is 3.91. The fourth-order valence-electron chi connectivity index (χ4n) is 1.55. The van der Waals surface area contributed by atoms with Crippen molar-refractivity contribution in [1.82, 2.24) is 30.3 Å². The van der Waals surface area contributed by atoms with Gasteiger partial charge < -0.3 is 9.63 Å². The maximum Gasteiger partial charge on any atom is 0.223 e. The predicted octanol–water partition coefficient (Wildman–Crippen LogP) is 1.35. The van der Waals surface area contributed by atoms with Crippen LogP contribution in [-0.4, -0.2) is 35.5 Å². The molecule has 0 saturated carbocycles. The Kier molecular flexibility index (Phi) is 3.33. The molecule has 0 unspecified atom stereocenters. The quantitative estimate of drug-likeness (QED) is 0.718. The van der Waals surface area contributed by atoms with Gasteiger partial charge in [0.1, 0.15) is 5.75 Å². The summed E-state index contributed by atoms with van der Waals surface area (Å²) in [5.41, 5.74) is 0.764. The van der Waals surface area contributed by atoms with E-state index in [1.54, 1.807) is 35.9 Å². The zero-order valence-electron chi connectivity index (χ0n) is 10.5. The highest BCUT2D eigenvalue weighted by atomic mass is 32.2. The minimum atomic E-state index is 0.193. The average molecular weight is 290 g/mol. The smallest absolute Gasteiger partial charge is 0.223 e. The molecule has 20 heavy (non-hydrogen) atoms. The first-order chi connectivity index (χ1) is 9.72. The molecule has 0 aliphatic heterocycles. The monoisotopic (exact) mass is 290 g/mol. The number of rotatable bonds is 4. The van der Waals surface area contributed by atoms with E-state index in [1.165, 1.54) is 11.8 Å². The third-order valence-corrected chi connectivity index (χ3v) is 3.35. The average Bonchev–Trinajstić information content (AvgIpc) is 3.06. The maximum atomic E-state index is 9.28. The normalized spacial score (nSPS) is 10.8. The summed E-state index contributed by atoms with van der Waals surface area (Å²) in [6.45, 7) is 1.74. The van der Waals surface area contributed by atoms with Gasteiger partial charge in [-0.1, -0.05) is 16.9 Å². The van der Waals surface area contributed by atoms with Crippen LogP contribution in [0.4, 0.5) is 0 Å². The van der Waals surface area contributed by atoms with Crippen LogP contribution in [0.15, 0.2) is 33.9 Å². The fourth-order valence-corrected chi connectivity index (χ4v) is 2.29. The number of benzene rings is 1. The third-order valence-electron chi connectivity index (χ3n) is 2.44. The number of hydrogen-bond acceptors (Lipinski definition) is 8. The van der Waals surface area contributed by atoms with Gasteiger partial charge in [-0.25, -0.2) is 0 Å². The molecule has 102 valence electrons. The molecular weight excluding hydrogens is 280 g/mol. The molecule has 8 nitrogen and oxygen atoms in total. The van der Waals surface area contributed by atoms with Crippen molar-refractivity contribution in [3.05, 3.63) is 36.0 Å². The number of phenols is 1. The molecule has 0 spiro atoms. The highest BCUT2D eigenvalue weighted by Crippen LogP contribution is 2.22. The van der Waals surface area contributed by atoms with Gasteiger partial charge in [0, 0.05) is 6.92 Å². The molecule has 0 atom stereocenters. The second kappa shape index (κ2) is 5.29. The van der Waals surface area contributed by atoms with Crippen molar-refractivity contribution in [1.29, 1.82) is 0 Å². The van der Waals surface area contributed by atoms with Gasteiger partial charge in [0.25, 0.3) is 0 Å². The van der Waals surface area contributed by atoms with Gasteiger partial charge in [-0.3, -0.25) is 0 Å². The first kappa shape index (κ1) is 12.6. The molecule has 1 N–H and O–H groups in total. The molecule has 0 bridgehead atoms. The third kappa shape index (κ3) is 2.62. The van der Waals surface area contributed by atoms with Gasteiger partial charge in [0.2, 0.25) is 11.0 Å². The first-order valence-electron chi connectivity index (χ1n) is 5.72. The number of aromatic hydroxyl groups is 1. The van der Waals surface area contributed by atoms with Gasteiger partial charge in [-0.05, 0) is 34.7 Å². The van der Waals surface area contributed by atoms with Gasteiger partial charge in [-0.15, -0.1) is 5.10 Å². The van der Waals surface area contributed by atoms with Crippen LogP contribution in [0, 0.1) is 6.92 Å². The van der Waals surface area contributed by atoms with Crippen LogP contribution in [-0.2, 0) is 5.75 Å². The lowest BCUT2D eigenvalue weighted by atomic mass is 10.3. The summed E-state index contributed by atoms with van der Waals surface area (Å²) in [7, 11) is 0. The Balaban J connectivity index is 1.78. The van der Waals surface area contributed by atoms with Crippen molar-refractivity contribution in [3.63, 3.8) is 0 Å². The van der Waals surface area contributed by atoms with Crippen LogP contribution in [0.25, 0.3) is 5.69 Å². The Bertz CT molecular complexity index is 708. The Morgan fingerprint density at radius 2 is 2.10 bits per heavy atom. The molecule has 0 saturated heterocycles. The van der Waals surface area contributed by atoms with Crippen LogP contribution in [0.3, 0.4) is 0 Å². The van der Waals surface area contributed by atoms with Gasteiger partial charge in [-0.2, -0.15) is 9.67 Å². The molecule has 0 aliphatic rings. The molecule has 2 aromatic heterocycles. The van der Waals surface area contributed by atoms with E-state index >= 15 is 0 Å². The lowest BCUT2D eigenvalue weighted by Crippen LogP contribution is -1.99. The summed E-state index contributed by atoms with van der Waals surface area (Å²) in [5.74, 6) is 1.82. The van der Waals surface area contributed by atoms with Crippen LogP contribution < -0.4 is 0 Å². The summed E-state index contributed by atoms with van der Waals surface area (Å²) in [6.07, 6.45) is 0. The molecule has 3 rings (SSSR count). The maximum absolute atomic E-state index is 9.28. The highest BCUT2D eigenvalue weighted by Gasteiger charge is 2.11. The van der Waals surface area contributed by atoms with E-state index in [0.29, 0.717) is 22.6 Å². The number of phenolic OH excluding ortho intramolecular Hbond substituents is 1. The molecule has 0 aliphatic carbocycles. The molecule has 9 heteroatoms. The molecule has 2 heterocycles. The van der Waals surface area contributed by atoms with E-state index in [2.05, 4.69) is 25.7 Å². The molecule has 0 fully saturated rings. The predicted molar refractivity (Wildman–Crippen MR) is 69.4 cm³/mol. The van der Waals surface area contributed by atoms with Gasteiger partial charge in [0.05, 0.1) is 11.4 Å². The number of aromatic nitrogens is 6. The summed E-state index contributed by atoms with van der Waals surface area (Å²) >= 11 is 1.40. The van der Waals surface area contributed by atoms with Crippen LogP contribution in [0.2, 0.25) is 0 Å². The van der Waals surface area contributed by atoms with Crippen LogP contribution in [0.1, 0.15) is 11.7 Å². The molecule has 3 aromatic rings. The van der Waals surface area contributed by atoms with Crippen molar-refractivity contribution in [2.45, 2.75) is 17.8 Å². The van der Waals surface area contributed by atoms with E-state index < -0.39 is 0 Å². The largest absolute Gasteiger partial charge is 0.508 e. The van der Waals surface area contributed by atoms with Crippen molar-refractivity contribution in [3.8, 4) is 11.4 Å². The van der Waals surface area contributed by atoms with E-state index in [4.69, 9.17) is 4.52 Å². The summed E-state index contributed by atoms with van der Waals surface area (Å²) in [4.78, 5) is 4.11. The Morgan fingerprint density at radius 3 is 2.80 bits per heavy atom. The minimum Gasteiger partial charge on any atom is -0.508 e. The number of tetrazole rings is 1. The van der Waals surface area contributed by atoms with E-state index in [0.717, 1.165) is 5.69 Å². The first-order valence-corrected chi connectivity index (χ1v) is 6.71. The Labute approximate surface area is 117 Å². The standard InChI is InChI=1S/C11H10N6O2S/c1-7-12-10(14-19-7)6-20-11-13-15-16-17(11)8-2-4-9(18)5-3-8/h2-5,18H,6H2,1H3. The van der Waals surface area contributed by atoms with Crippen molar-refractivity contribution >= 4 is 11.8 Å². The number of nitrogens with zero attached hydrogens (tertiary/aromatic N) is 6. The summed E-state index contributed by atoms with van der Waals surface area (Å²) in [6, 6.07) is 6.62. The molecule has 0 amide bonds. The summed E-state index contributed by atoms with van der Waals surface area (Å²) < 4.78 is 6.48. The number of hydrogen-bond donors (Lipinski definition) is 1. The molecular formula is C11H10N6O2S. The lowest BCUT2D eigenvalue weighted by Gasteiger charge is -2.02. The highest BCUT2D eigenvalue weighted by molar-refractivity contribution is 7.98. The van der Waals surface area contributed by atoms with Crippen LogP contribution >= 0.6 is 11.8 Å². The number of aryl methyl sites for hydroxylation is 1. The molecule has 0 radical (unpaired) electrons. The SMILES string of the molecule is Cc1nc(CSc2nnnn2-c2ccc(O)cc2)no1. The van der Waals surface area contributed by atoms with Crippen molar-refractivity contribution in [2.75, 3.05) is 0 Å².